The fourth-order valence-corrected chi connectivity index (χ4v) is 1.91. The Labute approximate surface area is 130 Å². The average molecular weight is 300 g/mol. The van der Waals surface area contributed by atoms with E-state index in [1.807, 2.05) is 42.5 Å². The number of hydrogen-bond donors (Lipinski definition) is 0. The molecule has 4 nitrogen and oxygen atoms in total. The standard InChI is InChI=1S/C18H20O4/c1-4-15(16(17(19)21-2)18(20)22-3)13-9-8-12-14-10-6-5-7-11-14/h4-13,15-16H,1H2,2-3H3/b12-8+,13-9+. The largest absolute Gasteiger partial charge is 0.468 e. The van der Waals surface area contributed by atoms with E-state index in [-0.39, 0.29) is 0 Å². The third kappa shape index (κ3) is 5.05. The number of esters is 2. The van der Waals surface area contributed by atoms with Gasteiger partial charge < -0.3 is 9.47 Å². The SMILES string of the molecule is C=CC(/C=C/C=C/c1ccccc1)C(C(=O)OC)C(=O)OC. The van der Waals surface area contributed by atoms with Crippen LogP contribution in [0.15, 0.2) is 61.2 Å². The van der Waals surface area contributed by atoms with Crippen LogP contribution in [0, 0.1) is 11.8 Å². The predicted octanol–water partition coefficient (Wildman–Crippen LogP) is 3.02. The van der Waals surface area contributed by atoms with Gasteiger partial charge in [-0.2, -0.15) is 0 Å². The van der Waals surface area contributed by atoms with Gasteiger partial charge in [0.15, 0.2) is 5.92 Å². The van der Waals surface area contributed by atoms with Gasteiger partial charge in [0, 0.05) is 5.92 Å². The van der Waals surface area contributed by atoms with Crippen molar-refractivity contribution in [1.82, 2.24) is 0 Å². The summed E-state index contributed by atoms with van der Waals surface area (Å²) in [5.74, 6) is -2.84. The third-order valence-corrected chi connectivity index (χ3v) is 3.10. The van der Waals surface area contributed by atoms with Crippen LogP contribution in [0.5, 0.6) is 0 Å². The van der Waals surface area contributed by atoms with Gasteiger partial charge >= 0.3 is 11.9 Å². The molecule has 1 aromatic rings. The maximum atomic E-state index is 11.7. The summed E-state index contributed by atoms with van der Waals surface area (Å²) in [6.07, 6.45) is 8.74. The Bertz CT molecular complexity index is 542. The molecule has 1 unspecified atom stereocenters. The Morgan fingerprint density at radius 1 is 1.05 bits per heavy atom. The molecule has 0 aromatic heterocycles. The van der Waals surface area contributed by atoms with Gasteiger partial charge in [0.1, 0.15) is 0 Å². The number of carbonyl (C=O) groups is 2. The summed E-state index contributed by atoms with van der Waals surface area (Å²) in [7, 11) is 2.47. The van der Waals surface area contributed by atoms with E-state index in [4.69, 9.17) is 0 Å². The highest BCUT2D eigenvalue weighted by atomic mass is 16.5. The fourth-order valence-electron chi connectivity index (χ4n) is 1.91. The fraction of sp³-hybridized carbons (Fsp3) is 0.222. The molecule has 0 radical (unpaired) electrons. The summed E-state index contributed by atoms with van der Waals surface area (Å²) < 4.78 is 9.31. The first-order valence-electron chi connectivity index (χ1n) is 6.82. The highest BCUT2D eigenvalue weighted by Crippen LogP contribution is 2.18. The molecular weight excluding hydrogens is 280 g/mol. The maximum absolute atomic E-state index is 11.7. The van der Waals surface area contributed by atoms with Gasteiger partial charge in [0.25, 0.3) is 0 Å². The van der Waals surface area contributed by atoms with E-state index in [1.165, 1.54) is 20.3 Å². The zero-order valence-corrected chi connectivity index (χ0v) is 12.8. The molecule has 22 heavy (non-hydrogen) atoms. The predicted molar refractivity (Wildman–Crippen MR) is 85.8 cm³/mol. The van der Waals surface area contributed by atoms with E-state index < -0.39 is 23.8 Å². The minimum atomic E-state index is -1.05. The van der Waals surface area contributed by atoms with Gasteiger partial charge in [-0.25, -0.2) is 0 Å². The van der Waals surface area contributed by atoms with E-state index in [9.17, 15) is 9.59 Å². The van der Waals surface area contributed by atoms with Crippen LogP contribution in [0.3, 0.4) is 0 Å². The van der Waals surface area contributed by atoms with Crippen molar-refractivity contribution in [2.75, 3.05) is 14.2 Å². The number of hydrogen-bond acceptors (Lipinski definition) is 4. The number of allylic oxidation sites excluding steroid dienone is 4. The molecule has 0 N–H and O–H groups in total. The highest BCUT2D eigenvalue weighted by molar-refractivity contribution is 5.95. The van der Waals surface area contributed by atoms with E-state index in [0.717, 1.165) is 5.56 Å². The van der Waals surface area contributed by atoms with Gasteiger partial charge in [0.2, 0.25) is 0 Å². The Balaban J connectivity index is 2.83. The number of methoxy groups -OCH3 is 2. The van der Waals surface area contributed by atoms with Gasteiger partial charge in [-0.1, -0.05) is 60.7 Å². The quantitative estimate of drug-likeness (QED) is 0.336. The normalized spacial score (nSPS) is 12.5. The molecule has 0 spiro atoms. The molecule has 0 amide bonds. The summed E-state index contributed by atoms with van der Waals surface area (Å²) in [6, 6.07) is 9.78. The van der Waals surface area contributed by atoms with Crippen molar-refractivity contribution in [1.29, 1.82) is 0 Å². The van der Waals surface area contributed by atoms with Gasteiger partial charge in [-0.15, -0.1) is 6.58 Å². The van der Waals surface area contributed by atoms with Crippen molar-refractivity contribution in [3.63, 3.8) is 0 Å². The molecule has 0 saturated heterocycles. The highest BCUT2D eigenvalue weighted by Gasteiger charge is 2.33. The molecule has 0 heterocycles. The molecule has 0 bridgehead atoms. The van der Waals surface area contributed by atoms with Crippen molar-refractivity contribution in [3.8, 4) is 0 Å². The lowest BCUT2D eigenvalue weighted by atomic mass is 9.92. The molecular formula is C18H20O4. The maximum Gasteiger partial charge on any atom is 0.320 e. The number of benzene rings is 1. The molecule has 116 valence electrons. The van der Waals surface area contributed by atoms with Crippen molar-refractivity contribution < 1.29 is 19.1 Å². The van der Waals surface area contributed by atoms with Crippen molar-refractivity contribution in [3.05, 3.63) is 66.8 Å². The van der Waals surface area contributed by atoms with Crippen molar-refractivity contribution in [2.24, 2.45) is 11.8 Å². The summed E-state index contributed by atoms with van der Waals surface area (Å²) >= 11 is 0. The number of ether oxygens (including phenoxy) is 2. The molecule has 1 atom stereocenters. The van der Waals surface area contributed by atoms with Crippen molar-refractivity contribution >= 4 is 18.0 Å². The minimum absolute atomic E-state index is 0.500. The lowest BCUT2D eigenvalue weighted by Gasteiger charge is -2.17. The van der Waals surface area contributed by atoms with E-state index in [1.54, 1.807) is 12.2 Å². The van der Waals surface area contributed by atoms with Crippen LogP contribution in [0.2, 0.25) is 0 Å². The zero-order valence-electron chi connectivity index (χ0n) is 12.8. The van der Waals surface area contributed by atoms with Crippen LogP contribution in [0.1, 0.15) is 5.56 Å². The van der Waals surface area contributed by atoms with Gasteiger partial charge in [-0.05, 0) is 5.56 Å². The van der Waals surface area contributed by atoms with Gasteiger partial charge in [-0.3, -0.25) is 9.59 Å². The second-order valence-corrected chi connectivity index (χ2v) is 4.49. The number of carbonyl (C=O) groups excluding carboxylic acids is 2. The second-order valence-electron chi connectivity index (χ2n) is 4.49. The first kappa shape index (κ1) is 17.4. The van der Waals surface area contributed by atoms with Crippen LogP contribution in [0.4, 0.5) is 0 Å². The molecule has 1 rings (SSSR count). The van der Waals surface area contributed by atoms with E-state index in [0.29, 0.717) is 0 Å². The molecule has 0 saturated carbocycles. The average Bonchev–Trinajstić information content (AvgIpc) is 2.57. The lowest BCUT2D eigenvalue weighted by Crippen LogP contribution is -2.31. The first-order valence-corrected chi connectivity index (χ1v) is 6.82. The Morgan fingerprint density at radius 3 is 2.14 bits per heavy atom. The monoisotopic (exact) mass is 300 g/mol. The molecule has 0 aliphatic carbocycles. The zero-order chi connectivity index (χ0) is 16.4. The molecule has 0 aliphatic rings. The minimum Gasteiger partial charge on any atom is -0.468 e. The third-order valence-electron chi connectivity index (χ3n) is 3.10. The van der Waals surface area contributed by atoms with Crippen LogP contribution in [0.25, 0.3) is 6.08 Å². The van der Waals surface area contributed by atoms with Gasteiger partial charge in [0.05, 0.1) is 14.2 Å². The molecule has 0 aliphatic heterocycles. The summed E-state index contributed by atoms with van der Waals surface area (Å²) in [5, 5.41) is 0. The Hall–Kier alpha value is -2.62. The Morgan fingerprint density at radius 2 is 1.64 bits per heavy atom. The molecule has 0 fully saturated rings. The van der Waals surface area contributed by atoms with Crippen LogP contribution in [-0.4, -0.2) is 26.2 Å². The smallest absolute Gasteiger partial charge is 0.320 e. The Kier molecular flexibility index (Phi) is 7.40. The number of rotatable bonds is 7. The van der Waals surface area contributed by atoms with Crippen molar-refractivity contribution in [2.45, 2.75) is 0 Å². The van der Waals surface area contributed by atoms with Crippen LogP contribution in [-0.2, 0) is 19.1 Å². The second kappa shape index (κ2) is 9.34. The summed E-state index contributed by atoms with van der Waals surface area (Å²) in [6.45, 7) is 3.66. The first-order chi connectivity index (χ1) is 10.6. The lowest BCUT2D eigenvalue weighted by molar-refractivity contribution is -0.159. The molecule has 4 heteroatoms. The van der Waals surface area contributed by atoms with Crippen LogP contribution >= 0.6 is 0 Å². The van der Waals surface area contributed by atoms with E-state index >= 15 is 0 Å². The summed E-state index contributed by atoms with van der Waals surface area (Å²) in [4.78, 5) is 23.5. The topological polar surface area (TPSA) is 52.6 Å². The molecule has 1 aromatic carbocycles. The van der Waals surface area contributed by atoms with Crippen LogP contribution < -0.4 is 0 Å². The van der Waals surface area contributed by atoms with E-state index in [2.05, 4.69) is 16.1 Å². The summed E-state index contributed by atoms with van der Waals surface area (Å²) in [5.41, 5.74) is 1.06.